The molecule has 0 heterocycles. The number of methoxy groups -OCH3 is 1. The van der Waals surface area contributed by atoms with Crippen LogP contribution in [0, 0.1) is 0 Å². The zero-order chi connectivity index (χ0) is 14.3. The molecule has 6 nitrogen and oxygen atoms in total. The number of anilines is 1. The van der Waals surface area contributed by atoms with Crippen molar-refractivity contribution >= 4 is 29.3 Å². The van der Waals surface area contributed by atoms with E-state index < -0.39 is 18.1 Å². The van der Waals surface area contributed by atoms with Gasteiger partial charge in [0.05, 0.1) is 12.5 Å². The lowest BCUT2D eigenvalue weighted by Crippen LogP contribution is -2.37. The molecule has 104 valence electrons. The lowest BCUT2D eigenvalue weighted by atomic mass is 10.2. The molecule has 0 saturated carbocycles. The van der Waals surface area contributed by atoms with Gasteiger partial charge in [0, 0.05) is 24.4 Å². The number of ether oxygens (including phenoxy) is 1. The molecule has 1 aromatic rings. The van der Waals surface area contributed by atoms with Gasteiger partial charge in [-0.15, -0.1) is 0 Å². The fraction of sp³-hybridized carbons (Fsp3) is 0.333. The van der Waals surface area contributed by atoms with Crippen LogP contribution >= 0.6 is 11.6 Å². The van der Waals surface area contributed by atoms with Gasteiger partial charge >= 0.3 is 12.0 Å². The van der Waals surface area contributed by atoms with Crippen molar-refractivity contribution in [3.63, 3.8) is 0 Å². The zero-order valence-electron chi connectivity index (χ0n) is 10.4. The summed E-state index contributed by atoms with van der Waals surface area (Å²) in [6.45, 7) is 0.113. The Morgan fingerprint density at radius 3 is 2.53 bits per heavy atom. The number of benzene rings is 1. The minimum Gasteiger partial charge on any atom is -0.481 e. The fourth-order valence-corrected chi connectivity index (χ4v) is 1.47. The van der Waals surface area contributed by atoms with Crippen LogP contribution in [0.4, 0.5) is 10.5 Å². The van der Waals surface area contributed by atoms with Gasteiger partial charge in [0.15, 0.2) is 0 Å². The molecule has 1 atom stereocenters. The molecule has 0 bridgehead atoms. The number of halogens is 1. The Bertz CT molecular complexity index is 436. The van der Waals surface area contributed by atoms with Gasteiger partial charge < -0.3 is 20.5 Å². The van der Waals surface area contributed by atoms with E-state index in [1.54, 1.807) is 24.3 Å². The van der Waals surface area contributed by atoms with Crippen molar-refractivity contribution in [1.29, 1.82) is 0 Å². The fourth-order valence-electron chi connectivity index (χ4n) is 1.35. The van der Waals surface area contributed by atoms with Crippen LogP contribution in [0.5, 0.6) is 0 Å². The van der Waals surface area contributed by atoms with Crippen LogP contribution in [-0.2, 0) is 9.53 Å². The number of carboxylic acid groups (broad SMARTS) is 1. The number of rotatable bonds is 6. The summed E-state index contributed by atoms with van der Waals surface area (Å²) in [5.74, 6) is -0.980. The molecule has 0 aromatic heterocycles. The van der Waals surface area contributed by atoms with Crippen molar-refractivity contribution < 1.29 is 19.4 Å². The Kier molecular flexibility index (Phi) is 6.11. The Morgan fingerprint density at radius 2 is 2.00 bits per heavy atom. The predicted octanol–water partition coefficient (Wildman–Crippen LogP) is 1.95. The molecule has 1 rings (SSSR count). The summed E-state index contributed by atoms with van der Waals surface area (Å²) in [6.07, 6.45) is -0.731. The summed E-state index contributed by atoms with van der Waals surface area (Å²) in [6, 6.07) is 6.19. The van der Waals surface area contributed by atoms with Gasteiger partial charge in [-0.3, -0.25) is 4.79 Å². The molecular formula is C12H15ClN2O4. The Labute approximate surface area is 115 Å². The van der Waals surface area contributed by atoms with E-state index in [4.69, 9.17) is 21.4 Å². The average molecular weight is 287 g/mol. The van der Waals surface area contributed by atoms with Crippen LogP contribution in [0.2, 0.25) is 5.02 Å². The second kappa shape index (κ2) is 7.60. The van der Waals surface area contributed by atoms with Crippen LogP contribution < -0.4 is 10.6 Å². The van der Waals surface area contributed by atoms with Gasteiger partial charge in [0.2, 0.25) is 0 Å². The van der Waals surface area contributed by atoms with Crippen molar-refractivity contribution in [2.24, 2.45) is 0 Å². The number of hydrogen-bond donors (Lipinski definition) is 3. The molecule has 2 amide bonds. The first-order chi connectivity index (χ1) is 9.01. The monoisotopic (exact) mass is 286 g/mol. The van der Waals surface area contributed by atoms with Gasteiger partial charge in [-0.1, -0.05) is 11.6 Å². The third-order valence-electron chi connectivity index (χ3n) is 2.33. The number of aliphatic carboxylic acids is 1. The Balaban J connectivity index is 2.38. The largest absolute Gasteiger partial charge is 0.481 e. The Morgan fingerprint density at radius 1 is 1.37 bits per heavy atom. The number of carboxylic acids is 1. The highest BCUT2D eigenvalue weighted by molar-refractivity contribution is 6.30. The predicted molar refractivity (Wildman–Crippen MR) is 71.5 cm³/mol. The molecule has 3 N–H and O–H groups in total. The third-order valence-corrected chi connectivity index (χ3v) is 2.58. The molecule has 0 aliphatic carbocycles. The lowest BCUT2D eigenvalue weighted by Gasteiger charge is -2.14. The highest BCUT2D eigenvalue weighted by Crippen LogP contribution is 2.13. The maximum absolute atomic E-state index is 11.5. The van der Waals surface area contributed by atoms with Crippen LogP contribution in [-0.4, -0.2) is 36.9 Å². The minimum absolute atomic E-state index is 0.113. The molecule has 0 aliphatic rings. The van der Waals surface area contributed by atoms with E-state index in [-0.39, 0.29) is 13.0 Å². The van der Waals surface area contributed by atoms with Gasteiger partial charge in [0.25, 0.3) is 0 Å². The maximum Gasteiger partial charge on any atom is 0.319 e. The van der Waals surface area contributed by atoms with E-state index in [1.807, 2.05) is 0 Å². The van der Waals surface area contributed by atoms with Crippen LogP contribution in [0.25, 0.3) is 0 Å². The van der Waals surface area contributed by atoms with E-state index in [9.17, 15) is 9.59 Å². The molecule has 1 unspecified atom stereocenters. The van der Waals surface area contributed by atoms with Crippen molar-refractivity contribution in [3.05, 3.63) is 29.3 Å². The van der Waals surface area contributed by atoms with E-state index in [1.165, 1.54) is 7.11 Å². The molecule has 1 aromatic carbocycles. The normalized spacial score (nSPS) is 11.7. The molecule has 0 saturated heterocycles. The van der Waals surface area contributed by atoms with E-state index >= 15 is 0 Å². The topological polar surface area (TPSA) is 87.7 Å². The summed E-state index contributed by atoms with van der Waals surface area (Å²) in [5, 5.41) is 14.3. The van der Waals surface area contributed by atoms with Crippen molar-refractivity contribution in [2.75, 3.05) is 19.0 Å². The summed E-state index contributed by atoms with van der Waals surface area (Å²) in [7, 11) is 1.40. The molecule has 0 radical (unpaired) electrons. The summed E-state index contributed by atoms with van der Waals surface area (Å²) in [5.41, 5.74) is 0.592. The molecule has 0 fully saturated rings. The number of carbonyl (C=O) groups is 2. The molecule has 0 spiro atoms. The van der Waals surface area contributed by atoms with Crippen LogP contribution in [0.1, 0.15) is 6.42 Å². The van der Waals surface area contributed by atoms with Crippen molar-refractivity contribution in [2.45, 2.75) is 12.5 Å². The van der Waals surface area contributed by atoms with E-state index in [2.05, 4.69) is 10.6 Å². The minimum atomic E-state index is -0.980. The molecular weight excluding hydrogens is 272 g/mol. The third kappa shape index (κ3) is 6.08. The highest BCUT2D eigenvalue weighted by Gasteiger charge is 2.13. The number of nitrogens with one attached hydrogen (secondary N) is 2. The molecule has 19 heavy (non-hydrogen) atoms. The van der Waals surface area contributed by atoms with Crippen molar-refractivity contribution in [1.82, 2.24) is 5.32 Å². The second-order valence-corrected chi connectivity index (χ2v) is 4.23. The number of carbonyl (C=O) groups excluding carboxylic acids is 1. The summed E-state index contributed by atoms with van der Waals surface area (Å²) < 4.78 is 4.94. The van der Waals surface area contributed by atoms with E-state index in [0.717, 1.165) is 0 Å². The average Bonchev–Trinajstić information content (AvgIpc) is 2.37. The van der Waals surface area contributed by atoms with Gasteiger partial charge in [0.1, 0.15) is 0 Å². The summed E-state index contributed by atoms with van der Waals surface area (Å²) >= 11 is 5.72. The van der Waals surface area contributed by atoms with Gasteiger partial charge in [-0.2, -0.15) is 0 Å². The highest BCUT2D eigenvalue weighted by atomic mass is 35.5. The molecule has 7 heteroatoms. The van der Waals surface area contributed by atoms with Crippen LogP contribution in [0.15, 0.2) is 24.3 Å². The first kappa shape index (κ1) is 15.3. The standard InChI is InChI=1S/C12H15ClN2O4/c1-19-10(6-11(16)17)7-14-12(18)15-9-4-2-8(13)3-5-9/h2-5,10H,6-7H2,1H3,(H,16,17)(H2,14,15,18). The van der Waals surface area contributed by atoms with Crippen LogP contribution in [0.3, 0.4) is 0 Å². The zero-order valence-corrected chi connectivity index (χ0v) is 11.1. The first-order valence-corrected chi connectivity index (χ1v) is 5.94. The molecule has 0 aliphatic heterocycles. The number of urea groups is 1. The number of hydrogen-bond acceptors (Lipinski definition) is 3. The quantitative estimate of drug-likeness (QED) is 0.746. The van der Waals surface area contributed by atoms with Gasteiger partial charge in [-0.25, -0.2) is 4.79 Å². The lowest BCUT2D eigenvalue weighted by molar-refractivity contribution is -0.139. The second-order valence-electron chi connectivity index (χ2n) is 3.80. The Hall–Kier alpha value is -1.79. The first-order valence-electron chi connectivity index (χ1n) is 5.56. The van der Waals surface area contributed by atoms with Gasteiger partial charge in [-0.05, 0) is 24.3 Å². The summed E-state index contributed by atoms with van der Waals surface area (Å²) in [4.78, 5) is 22.1. The SMILES string of the molecule is COC(CNC(=O)Nc1ccc(Cl)cc1)CC(=O)O. The van der Waals surface area contributed by atoms with E-state index in [0.29, 0.717) is 10.7 Å². The smallest absolute Gasteiger partial charge is 0.319 e. The number of amides is 2. The van der Waals surface area contributed by atoms with Crippen molar-refractivity contribution in [3.8, 4) is 0 Å². The maximum atomic E-state index is 11.5.